The Hall–Kier alpha value is -3.47. The number of rotatable bonds is 3. The first kappa shape index (κ1) is 13.2. The third-order valence-corrected chi connectivity index (χ3v) is 3.31. The molecule has 112 valence electrons. The van der Waals surface area contributed by atoms with Gasteiger partial charge in [-0.15, -0.1) is 21.7 Å². The van der Waals surface area contributed by atoms with Crippen LogP contribution in [0.25, 0.3) is 23.0 Å². The fraction of sp³-hybridized carbons (Fsp3) is 0.133. The number of hydrogen-bond acceptors (Lipinski definition) is 7. The van der Waals surface area contributed by atoms with Gasteiger partial charge in [0.15, 0.2) is 11.5 Å². The van der Waals surface area contributed by atoms with Gasteiger partial charge in [-0.3, -0.25) is 4.57 Å². The number of benzene rings is 1. The predicted molar refractivity (Wildman–Crippen MR) is 81.0 cm³/mol. The van der Waals surface area contributed by atoms with Crippen molar-refractivity contribution in [2.24, 2.45) is 10.3 Å². The maximum absolute atomic E-state index is 5.71. The quantitative estimate of drug-likeness (QED) is 0.694. The standard InChI is InChI=1S/C15H11N7O/c1-2-8-22-10-21-9-16-12(13(21)17-20-22)15-19-18-14(23-15)11-6-4-3-5-7-11/h1,3-7,9H,8,10H2. The Morgan fingerprint density at radius 2 is 2.00 bits per heavy atom. The maximum atomic E-state index is 5.71. The fourth-order valence-corrected chi connectivity index (χ4v) is 2.25. The van der Waals surface area contributed by atoms with Crippen LogP contribution in [0.5, 0.6) is 0 Å². The maximum Gasteiger partial charge on any atom is 0.270 e. The zero-order valence-electron chi connectivity index (χ0n) is 12.0. The summed E-state index contributed by atoms with van der Waals surface area (Å²) in [4.78, 5) is 4.30. The molecule has 0 aliphatic carbocycles. The van der Waals surface area contributed by atoms with Crippen molar-refractivity contribution in [3.63, 3.8) is 0 Å². The van der Waals surface area contributed by atoms with Crippen molar-refractivity contribution in [2.45, 2.75) is 6.67 Å². The molecule has 0 radical (unpaired) electrons. The largest absolute Gasteiger partial charge is 0.414 e. The van der Waals surface area contributed by atoms with Crippen LogP contribution in [0.4, 0.5) is 5.82 Å². The van der Waals surface area contributed by atoms with Gasteiger partial charge in [0.1, 0.15) is 13.2 Å². The second-order valence-electron chi connectivity index (χ2n) is 4.86. The minimum absolute atomic E-state index is 0.307. The first-order valence-corrected chi connectivity index (χ1v) is 6.89. The van der Waals surface area contributed by atoms with Gasteiger partial charge in [-0.1, -0.05) is 29.3 Å². The smallest absolute Gasteiger partial charge is 0.270 e. The van der Waals surface area contributed by atoms with Crippen LogP contribution < -0.4 is 0 Å². The molecule has 1 aliphatic rings. The Bertz CT molecular complexity index is 904. The molecule has 0 spiro atoms. The summed E-state index contributed by atoms with van der Waals surface area (Å²) in [6.45, 7) is 0.866. The summed E-state index contributed by atoms with van der Waals surface area (Å²) in [6, 6.07) is 9.54. The average molecular weight is 305 g/mol. The molecule has 0 amide bonds. The number of imidazole rings is 1. The minimum atomic E-state index is 0.307. The number of nitrogens with zero attached hydrogens (tertiary/aromatic N) is 7. The van der Waals surface area contributed by atoms with Crippen LogP contribution in [0, 0.1) is 12.3 Å². The molecule has 1 aromatic carbocycles. The molecule has 2 aromatic heterocycles. The van der Waals surface area contributed by atoms with Crippen molar-refractivity contribution >= 4 is 5.82 Å². The van der Waals surface area contributed by atoms with E-state index in [1.165, 1.54) is 0 Å². The lowest BCUT2D eigenvalue weighted by Gasteiger charge is -2.19. The Morgan fingerprint density at radius 3 is 2.83 bits per heavy atom. The minimum Gasteiger partial charge on any atom is -0.414 e. The third-order valence-electron chi connectivity index (χ3n) is 3.31. The highest BCUT2D eigenvalue weighted by Gasteiger charge is 2.22. The monoisotopic (exact) mass is 305 g/mol. The molecular weight excluding hydrogens is 294 g/mol. The van der Waals surface area contributed by atoms with Crippen molar-refractivity contribution < 1.29 is 4.42 Å². The van der Waals surface area contributed by atoms with Crippen molar-refractivity contribution in [1.82, 2.24) is 24.8 Å². The third kappa shape index (κ3) is 2.34. The number of fused-ring (bicyclic) bond motifs is 1. The normalized spacial score (nSPS) is 12.9. The van der Waals surface area contributed by atoms with E-state index in [4.69, 9.17) is 10.8 Å². The van der Waals surface area contributed by atoms with Crippen molar-refractivity contribution in [3.05, 3.63) is 36.7 Å². The zero-order valence-corrected chi connectivity index (χ0v) is 12.0. The Kier molecular flexibility index (Phi) is 3.09. The second-order valence-corrected chi connectivity index (χ2v) is 4.86. The van der Waals surface area contributed by atoms with Gasteiger partial charge >= 0.3 is 0 Å². The summed E-state index contributed by atoms with van der Waals surface area (Å²) in [5.41, 5.74) is 1.35. The molecule has 8 nitrogen and oxygen atoms in total. The van der Waals surface area contributed by atoms with Crippen LogP contribution >= 0.6 is 0 Å². The molecule has 1 aliphatic heterocycles. The highest BCUT2D eigenvalue weighted by atomic mass is 16.4. The van der Waals surface area contributed by atoms with Crippen LogP contribution in [0.15, 0.2) is 51.4 Å². The van der Waals surface area contributed by atoms with Gasteiger partial charge in [-0.25, -0.2) is 9.99 Å². The van der Waals surface area contributed by atoms with Gasteiger partial charge in [0, 0.05) is 5.56 Å². The van der Waals surface area contributed by atoms with E-state index >= 15 is 0 Å². The molecule has 23 heavy (non-hydrogen) atoms. The van der Waals surface area contributed by atoms with Crippen LogP contribution in [0.1, 0.15) is 0 Å². The van der Waals surface area contributed by atoms with Gasteiger partial charge < -0.3 is 4.42 Å². The van der Waals surface area contributed by atoms with Crippen molar-refractivity contribution in [1.29, 1.82) is 0 Å². The molecule has 0 fully saturated rings. The van der Waals surface area contributed by atoms with Gasteiger partial charge in [-0.2, -0.15) is 0 Å². The molecule has 3 aromatic rings. The summed E-state index contributed by atoms with van der Waals surface area (Å²) in [7, 11) is 0. The lowest BCUT2D eigenvalue weighted by Crippen LogP contribution is -2.22. The van der Waals surface area contributed by atoms with E-state index in [1.807, 2.05) is 34.9 Å². The summed E-state index contributed by atoms with van der Waals surface area (Å²) in [6.07, 6.45) is 6.93. The molecule has 0 saturated heterocycles. The molecule has 0 atom stereocenters. The molecular formula is C15H11N7O. The number of terminal acetylenes is 1. The Labute approximate surface area is 131 Å². The summed E-state index contributed by atoms with van der Waals surface area (Å²) < 4.78 is 7.53. The summed E-state index contributed by atoms with van der Waals surface area (Å²) in [5, 5.41) is 18.0. The molecule has 0 bridgehead atoms. The number of aromatic nitrogens is 4. The lowest BCUT2D eigenvalue weighted by molar-refractivity contribution is 0.226. The highest BCUT2D eigenvalue weighted by molar-refractivity contribution is 5.63. The molecule has 3 heterocycles. The molecule has 8 heteroatoms. The first-order chi connectivity index (χ1) is 11.3. The Morgan fingerprint density at radius 1 is 1.17 bits per heavy atom. The van der Waals surface area contributed by atoms with Crippen LogP contribution in [-0.2, 0) is 6.67 Å². The first-order valence-electron chi connectivity index (χ1n) is 6.89. The molecule has 0 N–H and O–H groups in total. The SMILES string of the molecule is C#CCN1Cn2cnc(-c3nnc(-c4ccccc4)o3)c2N=N1. The van der Waals surface area contributed by atoms with Gasteiger partial charge in [0.05, 0.1) is 6.33 Å². The van der Waals surface area contributed by atoms with E-state index in [0.717, 1.165) is 5.56 Å². The second kappa shape index (κ2) is 5.38. The zero-order chi connectivity index (χ0) is 15.6. The Balaban J connectivity index is 1.67. The van der Waals surface area contributed by atoms with E-state index in [1.54, 1.807) is 11.3 Å². The summed E-state index contributed by atoms with van der Waals surface area (Å²) in [5.74, 6) is 3.84. The fourth-order valence-electron chi connectivity index (χ4n) is 2.25. The van der Waals surface area contributed by atoms with E-state index in [0.29, 0.717) is 36.5 Å². The van der Waals surface area contributed by atoms with Crippen LogP contribution in [0.2, 0.25) is 0 Å². The van der Waals surface area contributed by atoms with Crippen LogP contribution in [-0.4, -0.2) is 31.3 Å². The topological polar surface area (TPSA) is 84.7 Å². The van der Waals surface area contributed by atoms with Crippen molar-refractivity contribution in [2.75, 3.05) is 6.54 Å². The summed E-state index contributed by atoms with van der Waals surface area (Å²) >= 11 is 0. The van der Waals surface area contributed by atoms with E-state index in [9.17, 15) is 0 Å². The average Bonchev–Trinajstić information content (AvgIpc) is 3.22. The van der Waals surface area contributed by atoms with Gasteiger partial charge in [-0.05, 0) is 12.1 Å². The van der Waals surface area contributed by atoms with Gasteiger partial charge in [0.2, 0.25) is 5.89 Å². The van der Waals surface area contributed by atoms with E-state index < -0.39 is 0 Å². The van der Waals surface area contributed by atoms with Crippen LogP contribution in [0.3, 0.4) is 0 Å². The molecule has 4 rings (SSSR count). The highest BCUT2D eigenvalue weighted by Crippen LogP contribution is 2.32. The lowest BCUT2D eigenvalue weighted by atomic mass is 10.2. The van der Waals surface area contributed by atoms with Crippen molar-refractivity contribution in [3.8, 4) is 35.4 Å². The predicted octanol–water partition coefficient (Wildman–Crippen LogP) is 2.51. The molecule has 0 unspecified atom stereocenters. The van der Waals surface area contributed by atoms with E-state index in [2.05, 4.69) is 31.4 Å². The molecule has 0 saturated carbocycles. The van der Waals surface area contributed by atoms with E-state index in [-0.39, 0.29) is 0 Å². The van der Waals surface area contributed by atoms with Gasteiger partial charge in [0.25, 0.3) is 5.89 Å². The number of hydrogen-bond donors (Lipinski definition) is 0.